The van der Waals surface area contributed by atoms with Crippen LogP contribution >= 0.6 is 0 Å². The lowest BCUT2D eigenvalue weighted by atomic mass is 9.86. The van der Waals surface area contributed by atoms with Gasteiger partial charge in [0.05, 0.1) is 0 Å². The first-order valence-corrected chi connectivity index (χ1v) is 9.49. The van der Waals surface area contributed by atoms with Gasteiger partial charge in [0.1, 0.15) is 6.04 Å². The van der Waals surface area contributed by atoms with Crippen LogP contribution in [0.4, 0.5) is 5.69 Å². The van der Waals surface area contributed by atoms with Crippen molar-refractivity contribution in [2.75, 3.05) is 5.32 Å². The molecule has 0 saturated heterocycles. The van der Waals surface area contributed by atoms with Gasteiger partial charge in [0.2, 0.25) is 5.91 Å². The largest absolute Gasteiger partial charge is 0.351 e. The molecule has 0 radical (unpaired) electrons. The average molecular weight is 376 g/mol. The van der Waals surface area contributed by atoms with Crippen LogP contribution in [0.25, 0.3) is 0 Å². The molecule has 6 heteroatoms. The Bertz CT molecular complexity index is 677. The molecule has 1 aromatic rings. The molecule has 0 aliphatic heterocycles. The van der Waals surface area contributed by atoms with Crippen LogP contribution in [0.2, 0.25) is 0 Å². The van der Waals surface area contributed by atoms with Crippen molar-refractivity contribution in [1.29, 1.82) is 0 Å². The third-order valence-electron chi connectivity index (χ3n) is 4.50. The van der Waals surface area contributed by atoms with Gasteiger partial charge < -0.3 is 16.0 Å². The predicted octanol–water partition coefficient (Wildman–Crippen LogP) is 2.98. The lowest BCUT2D eigenvalue weighted by molar-refractivity contribution is -0.138. The van der Waals surface area contributed by atoms with Crippen LogP contribution in [-0.2, 0) is 19.8 Å². The van der Waals surface area contributed by atoms with Crippen molar-refractivity contribution >= 4 is 23.4 Å². The van der Waals surface area contributed by atoms with E-state index in [0.717, 1.165) is 12.0 Å². The van der Waals surface area contributed by atoms with Crippen molar-refractivity contribution in [3.63, 3.8) is 0 Å². The molecule has 0 spiro atoms. The molecule has 3 amide bonds. The fourth-order valence-electron chi connectivity index (χ4n) is 2.80. The third-order valence-corrected chi connectivity index (χ3v) is 4.50. The summed E-state index contributed by atoms with van der Waals surface area (Å²) in [6, 6.07) is 6.60. The smallest absolute Gasteiger partial charge is 0.313 e. The molecule has 1 rings (SSSR count). The van der Waals surface area contributed by atoms with Crippen molar-refractivity contribution in [1.82, 2.24) is 10.6 Å². The molecule has 0 heterocycles. The molecule has 1 aromatic carbocycles. The number of para-hydroxylation sites is 1. The maximum Gasteiger partial charge on any atom is 0.313 e. The molecule has 0 saturated carbocycles. The monoisotopic (exact) mass is 375 g/mol. The van der Waals surface area contributed by atoms with Gasteiger partial charge in [-0.2, -0.15) is 0 Å². The fraction of sp³-hybridized carbons (Fsp3) is 0.571. The van der Waals surface area contributed by atoms with Crippen LogP contribution in [0.3, 0.4) is 0 Å². The Morgan fingerprint density at radius 3 is 2.07 bits per heavy atom. The Morgan fingerprint density at radius 1 is 0.963 bits per heavy atom. The standard InChI is InChI=1S/C21H33N3O3/c1-8-16(13(2)3)23-18(25)14(4)22-19(26)20(27)24-17-12-10-9-11-15(17)21(5,6)7/h9-14,16H,8H2,1-7H3,(H,22,26)(H,23,25)(H,24,27)/t14-,16?/m0/s1. The Hall–Kier alpha value is -2.37. The zero-order chi connectivity index (χ0) is 20.8. The first-order valence-electron chi connectivity index (χ1n) is 9.49. The summed E-state index contributed by atoms with van der Waals surface area (Å²) in [7, 11) is 0. The highest BCUT2D eigenvalue weighted by Crippen LogP contribution is 2.29. The fourth-order valence-corrected chi connectivity index (χ4v) is 2.80. The summed E-state index contributed by atoms with van der Waals surface area (Å²) in [5.41, 5.74) is 1.34. The molecule has 0 aliphatic carbocycles. The summed E-state index contributed by atoms with van der Waals surface area (Å²) < 4.78 is 0. The highest BCUT2D eigenvalue weighted by molar-refractivity contribution is 6.40. The summed E-state index contributed by atoms with van der Waals surface area (Å²) >= 11 is 0. The van der Waals surface area contributed by atoms with Gasteiger partial charge in [-0.05, 0) is 36.3 Å². The van der Waals surface area contributed by atoms with Crippen molar-refractivity contribution in [2.45, 2.75) is 72.4 Å². The van der Waals surface area contributed by atoms with E-state index in [1.807, 2.05) is 53.7 Å². The topological polar surface area (TPSA) is 87.3 Å². The maximum atomic E-state index is 12.3. The van der Waals surface area contributed by atoms with Crippen LogP contribution in [0.15, 0.2) is 24.3 Å². The van der Waals surface area contributed by atoms with Crippen LogP contribution in [0.5, 0.6) is 0 Å². The number of hydrogen-bond acceptors (Lipinski definition) is 3. The first-order chi connectivity index (χ1) is 12.5. The minimum absolute atomic E-state index is 0.0318. The summed E-state index contributed by atoms with van der Waals surface area (Å²) in [5.74, 6) is -1.63. The van der Waals surface area contributed by atoms with E-state index >= 15 is 0 Å². The van der Waals surface area contributed by atoms with Gasteiger partial charge >= 0.3 is 11.8 Å². The van der Waals surface area contributed by atoms with Crippen LogP contribution in [-0.4, -0.2) is 29.8 Å². The van der Waals surface area contributed by atoms with Gasteiger partial charge in [-0.3, -0.25) is 14.4 Å². The molecular formula is C21H33N3O3. The van der Waals surface area contributed by atoms with E-state index in [1.165, 1.54) is 0 Å². The second-order valence-electron chi connectivity index (χ2n) is 8.21. The van der Waals surface area contributed by atoms with E-state index in [9.17, 15) is 14.4 Å². The van der Waals surface area contributed by atoms with Gasteiger partial charge in [-0.1, -0.05) is 59.7 Å². The van der Waals surface area contributed by atoms with E-state index in [1.54, 1.807) is 19.1 Å². The molecule has 0 aromatic heterocycles. The zero-order valence-electron chi connectivity index (χ0n) is 17.5. The number of hydrogen-bond donors (Lipinski definition) is 3. The van der Waals surface area contributed by atoms with E-state index in [0.29, 0.717) is 11.6 Å². The Kier molecular flexibility index (Phi) is 8.00. The summed E-state index contributed by atoms with van der Waals surface area (Å²) in [6.45, 7) is 13.7. The SMILES string of the molecule is CCC(NC(=O)[C@H](C)NC(=O)C(=O)Nc1ccccc1C(C)(C)C)C(C)C. The van der Waals surface area contributed by atoms with Crippen molar-refractivity contribution in [2.24, 2.45) is 5.92 Å². The summed E-state index contributed by atoms with van der Waals surface area (Å²) in [6.07, 6.45) is 0.800. The highest BCUT2D eigenvalue weighted by Gasteiger charge is 2.25. The predicted molar refractivity (Wildman–Crippen MR) is 108 cm³/mol. The summed E-state index contributed by atoms with van der Waals surface area (Å²) in [5, 5.41) is 8.02. The summed E-state index contributed by atoms with van der Waals surface area (Å²) in [4.78, 5) is 36.8. The number of nitrogens with one attached hydrogen (secondary N) is 3. The molecule has 6 nitrogen and oxygen atoms in total. The van der Waals surface area contributed by atoms with Gasteiger partial charge in [0.15, 0.2) is 0 Å². The second kappa shape index (κ2) is 9.53. The maximum absolute atomic E-state index is 12.3. The number of carbonyl (C=O) groups excluding carboxylic acids is 3. The second-order valence-corrected chi connectivity index (χ2v) is 8.21. The molecule has 2 atom stereocenters. The van der Waals surface area contributed by atoms with Crippen molar-refractivity contribution in [3.8, 4) is 0 Å². The normalized spacial score (nSPS) is 13.6. The van der Waals surface area contributed by atoms with Gasteiger partial charge in [-0.15, -0.1) is 0 Å². The first kappa shape index (κ1) is 22.7. The lowest BCUT2D eigenvalue weighted by Gasteiger charge is -2.24. The van der Waals surface area contributed by atoms with Gasteiger partial charge in [0, 0.05) is 11.7 Å². The minimum Gasteiger partial charge on any atom is -0.351 e. The van der Waals surface area contributed by atoms with E-state index in [2.05, 4.69) is 16.0 Å². The lowest BCUT2D eigenvalue weighted by Crippen LogP contribution is -2.51. The van der Waals surface area contributed by atoms with E-state index in [4.69, 9.17) is 0 Å². The molecule has 27 heavy (non-hydrogen) atoms. The highest BCUT2D eigenvalue weighted by atomic mass is 16.2. The molecule has 150 valence electrons. The quantitative estimate of drug-likeness (QED) is 0.668. The van der Waals surface area contributed by atoms with Gasteiger partial charge in [-0.25, -0.2) is 0 Å². The zero-order valence-corrected chi connectivity index (χ0v) is 17.5. The number of carbonyl (C=O) groups is 3. The third kappa shape index (κ3) is 6.70. The van der Waals surface area contributed by atoms with Crippen LogP contribution < -0.4 is 16.0 Å². The van der Waals surface area contributed by atoms with Crippen molar-refractivity contribution < 1.29 is 14.4 Å². The number of amides is 3. The Balaban J connectivity index is 2.73. The Morgan fingerprint density at radius 2 is 1.56 bits per heavy atom. The minimum atomic E-state index is -0.834. The van der Waals surface area contributed by atoms with E-state index in [-0.39, 0.29) is 17.4 Å². The molecule has 0 fully saturated rings. The Labute approximate surface area is 162 Å². The molecule has 0 aliphatic rings. The number of anilines is 1. The average Bonchev–Trinajstić information content (AvgIpc) is 2.58. The van der Waals surface area contributed by atoms with Crippen molar-refractivity contribution in [3.05, 3.63) is 29.8 Å². The van der Waals surface area contributed by atoms with Crippen LogP contribution in [0.1, 0.15) is 60.5 Å². The molecular weight excluding hydrogens is 342 g/mol. The van der Waals surface area contributed by atoms with Crippen LogP contribution in [0, 0.1) is 5.92 Å². The van der Waals surface area contributed by atoms with E-state index < -0.39 is 17.9 Å². The molecule has 1 unspecified atom stereocenters. The number of rotatable bonds is 6. The van der Waals surface area contributed by atoms with Gasteiger partial charge in [0.25, 0.3) is 0 Å². The molecule has 0 bridgehead atoms. The molecule has 3 N–H and O–H groups in total. The number of benzene rings is 1.